The molecular formula is C28H29N5O2. The van der Waals surface area contributed by atoms with Gasteiger partial charge in [0.15, 0.2) is 5.65 Å². The molecule has 7 heteroatoms. The van der Waals surface area contributed by atoms with Crippen LogP contribution in [0.25, 0.3) is 22.3 Å². The van der Waals surface area contributed by atoms with Crippen LogP contribution in [0.15, 0.2) is 66.9 Å². The quantitative estimate of drug-likeness (QED) is 0.440. The van der Waals surface area contributed by atoms with E-state index in [2.05, 4.69) is 10.4 Å². The molecule has 0 unspecified atom stereocenters. The predicted molar refractivity (Wildman–Crippen MR) is 136 cm³/mol. The number of nitrogens with zero attached hydrogens (tertiary/aromatic N) is 4. The van der Waals surface area contributed by atoms with Crippen LogP contribution in [0.1, 0.15) is 59.0 Å². The second-order valence-electron chi connectivity index (χ2n) is 9.22. The van der Waals surface area contributed by atoms with Gasteiger partial charge in [0.05, 0.1) is 22.8 Å². The highest BCUT2D eigenvalue weighted by Crippen LogP contribution is 2.26. The second-order valence-corrected chi connectivity index (χ2v) is 9.22. The van der Waals surface area contributed by atoms with Gasteiger partial charge in [-0.2, -0.15) is 5.10 Å². The third kappa shape index (κ3) is 4.67. The first kappa shape index (κ1) is 22.8. The molecule has 0 atom stereocenters. The normalized spacial score (nSPS) is 13.5. The van der Waals surface area contributed by atoms with E-state index in [-0.39, 0.29) is 17.9 Å². The van der Waals surface area contributed by atoms with Crippen LogP contribution in [0.5, 0.6) is 0 Å². The third-order valence-corrected chi connectivity index (χ3v) is 6.39. The van der Waals surface area contributed by atoms with Gasteiger partial charge in [-0.15, -0.1) is 0 Å². The smallest absolute Gasteiger partial charge is 0.253 e. The van der Waals surface area contributed by atoms with E-state index in [1.54, 1.807) is 6.20 Å². The van der Waals surface area contributed by atoms with Crippen LogP contribution in [0, 0.1) is 0 Å². The van der Waals surface area contributed by atoms with Gasteiger partial charge in [-0.05, 0) is 50.5 Å². The number of amides is 2. The average Bonchev–Trinajstić information content (AvgIpc) is 3.57. The molecule has 3 heterocycles. The van der Waals surface area contributed by atoms with Gasteiger partial charge in [0.2, 0.25) is 0 Å². The maximum Gasteiger partial charge on any atom is 0.253 e. The summed E-state index contributed by atoms with van der Waals surface area (Å²) in [5, 5.41) is 8.24. The number of carbonyl (C=O) groups excluding carboxylic acids is 2. The van der Waals surface area contributed by atoms with Crippen LogP contribution in [-0.4, -0.2) is 44.6 Å². The Labute approximate surface area is 204 Å². The van der Waals surface area contributed by atoms with Crippen LogP contribution in [0.3, 0.4) is 0 Å². The van der Waals surface area contributed by atoms with E-state index in [0.29, 0.717) is 28.7 Å². The average molecular weight is 468 g/mol. The molecule has 2 aromatic heterocycles. The Morgan fingerprint density at radius 2 is 1.77 bits per heavy atom. The zero-order chi connectivity index (χ0) is 24.4. The van der Waals surface area contributed by atoms with Gasteiger partial charge >= 0.3 is 0 Å². The summed E-state index contributed by atoms with van der Waals surface area (Å²) in [4.78, 5) is 32.9. The summed E-state index contributed by atoms with van der Waals surface area (Å²) < 4.78 is 1.84. The Morgan fingerprint density at radius 3 is 2.51 bits per heavy atom. The summed E-state index contributed by atoms with van der Waals surface area (Å²) in [6.45, 7) is 6.03. The van der Waals surface area contributed by atoms with Crippen LogP contribution in [0.2, 0.25) is 0 Å². The molecule has 35 heavy (non-hydrogen) atoms. The molecule has 1 saturated heterocycles. The van der Waals surface area contributed by atoms with E-state index < -0.39 is 0 Å². The fraction of sp³-hybridized carbons (Fsp3) is 0.286. The lowest BCUT2D eigenvalue weighted by Crippen LogP contribution is -2.28. The maximum absolute atomic E-state index is 13.4. The van der Waals surface area contributed by atoms with E-state index in [4.69, 9.17) is 4.98 Å². The summed E-state index contributed by atoms with van der Waals surface area (Å²) in [6.07, 6.45) is 3.82. The lowest BCUT2D eigenvalue weighted by atomic mass is 10.1. The molecule has 0 radical (unpaired) electrons. The lowest BCUT2D eigenvalue weighted by molar-refractivity contribution is 0.0792. The van der Waals surface area contributed by atoms with Crippen molar-refractivity contribution >= 4 is 22.8 Å². The summed E-state index contributed by atoms with van der Waals surface area (Å²) in [6, 6.07) is 19.3. The Hall–Kier alpha value is -4.00. The van der Waals surface area contributed by atoms with Gasteiger partial charge in [-0.3, -0.25) is 9.59 Å². The van der Waals surface area contributed by atoms with E-state index in [1.807, 2.05) is 84.1 Å². The molecule has 0 spiro atoms. The number of benzene rings is 2. The topological polar surface area (TPSA) is 80.1 Å². The minimum absolute atomic E-state index is 0.0557. The van der Waals surface area contributed by atoms with Crippen molar-refractivity contribution in [2.75, 3.05) is 13.1 Å². The Kier molecular flexibility index (Phi) is 6.31. The van der Waals surface area contributed by atoms with E-state index in [1.165, 1.54) is 0 Å². The van der Waals surface area contributed by atoms with Crippen molar-refractivity contribution in [3.8, 4) is 11.3 Å². The summed E-state index contributed by atoms with van der Waals surface area (Å²) in [7, 11) is 0. The molecule has 178 valence electrons. The van der Waals surface area contributed by atoms with Gasteiger partial charge < -0.3 is 10.2 Å². The minimum atomic E-state index is -0.200. The highest BCUT2D eigenvalue weighted by atomic mass is 16.2. The Morgan fingerprint density at radius 1 is 1.00 bits per heavy atom. The highest BCUT2D eigenvalue weighted by molar-refractivity contribution is 6.06. The maximum atomic E-state index is 13.4. The van der Waals surface area contributed by atoms with Crippen molar-refractivity contribution in [2.45, 2.75) is 39.3 Å². The van der Waals surface area contributed by atoms with Crippen LogP contribution in [0.4, 0.5) is 0 Å². The van der Waals surface area contributed by atoms with Gasteiger partial charge in [0.25, 0.3) is 11.8 Å². The third-order valence-electron chi connectivity index (χ3n) is 6.39. The summed E-state index contributed by atoms with van der Waals surface area (Å²) >= 11 is 0. The lowest BCUT2D eigenvalue weighted by Gasteiger charge is -2.16. The van der Waals surface area contributed by atoms with Gasteiger partial charge in [-0.25, -0.2) is 9.67 Å². The van der Waals surface area contributed by atoms with Crippen molar-refractivity contribution in [1.29, 1.82) is 0 Å². The first-order valence-corrected chi connectivity index (χ1v) is 12.1. The molecule has 0 bridgehead atoms. The van der Waals surface area contributed by atoms with Gasteiger partial charge in [0.1, 0.15) is 0 Å². The number of fused-ring (bicyclic) bond motifs is 1. The van der Waals surface area contributed by atoms with Crippen LogP contribution >= 0.6 is 0 Å². The van der Waals surface area contributed by atoms with E-state index in [0.717, 1.165) is 42.8 Å². The number of rotatable bonds is 6. The first-order valence-electron chi connectivity index (χ1n) is 12.1. The van der Waals surface area contributed by atoms with Crippen molar-refractivity contribution in [2.24, 2.45) is 0 Å². The number of hydrogen-bond donors (Lipinski definition) is 1. The van der Waals surface area contributed by atoms with E-state index in [9.17, 15) is 9.59 Å². The number of carbonyl (C=O) groups is 2. The standard InChI is InChI=1S/C28H29N5O2/c1-19(2)33-26-24(18-30-33)23(16-25(31-26)21-10-4-3-5-11-21)27(34)29-17-20-9-8-12-22(15-20)28(35)32-13-6-7-14-32/h3-5,8-12,15-16,18-19H,6-7,13-14,17H2,1-2H3,(H,29,34). The minimum Gasteiger partial charge on any atom is -0.348 e. The number of pyridine rings is 1. The molecular weight excluding hydrogens is 438 g/mol. The van der Waals surface area contributed by atoms with Crippen molar-refractivity contribution in [3.63, 3.8) is 0 Å². The number of likely N-dealkylation sites (tertiary alicyclic amines) is 1. The Bertz CT molecular complexity index is 1370. The zero-order valence-electron chi connectivity index (χ0n) is 20.1. The molecule has 1 fully saturated rings. The number of nitrogens with one attached hydrogen (secondary N) is 1. The molecule has 1 N–H and O–H groups in total. The summed E-state index contributed by atoms with van der Waals surface area (Å²) in [5.41, 5.74) is 4.43. The summed E-state index contributed by atoms with van der Waals surface area (Å²) in [5.74, 6) is -0.144. The molecule has 0 saturated carbocycles. The van der Waals surface area contributed by atoms with Gasteiger partial charge in [-0.1, -0.05) is 42.5 Å². The number of aromatic nitrogens is 3. The van der Waals surface area contributed by atoms with E-state index >= 15 is 0 Å². The molecule has 2 amide bonds. The SMILES string of the molecule is CC(C)n1ncc2c(C(=O)NCc3cccc(C(=O)N4CCCC4)c3)cc(-c3ccccc3)nc21. The second kappa shape index (κ2) is 9.70. The molecule has 4 aromatic rings. The van der Waals surface area contributed by atoms with Crippen molar-refractivity contribution in [1.82, 2.24) is 25.0 Å². The fourth-order valence-corrected chi connectivity index (χ4v) is 4.54. The molecule has 7 nitrogen and oxygen atoms in total. The van der Waals surface area contributed by atoms with Crippen LogP contribution in [-0.2, 0) is 6.54 Å². The molecule has 2 aromatic carbocycles. The molecule has 1 aliphatic rings. The van der Waals surface area contributed by atoms with Crippen molar-refractivity contribution < 1.29 is 9.59 Å². The van der Waals surface area contributed by atoms with Crippen LogP contribution < -0.4 is 5.32 Å². The molecule has 0 aliphatic carbocycles. The van der Waals surface area contributed by atoms with Gasteiger partial charge in [0, 0.05) is 36.8 Å². The molecule has 1 aliphatic heterocycles. The molecule has 5 rings (SSSR count). The monoisotopic (exact) mass is 467 g/mol. The fourth-order valence-electron chi connectivity index (χ4n) is 4.54. The Balaban J connectivity index is 1.42. The largest absolute Gasteiger partial charge is 0.348 e. The first-order chi connectivity index (χ1) is 17.0. The van der Waals surface area contributed by atoms with Crippen molar-refractivity contribution in [3.05, 3.63) is 83.6 Å². The number of hydrogen-bond acceptors (Lipinski definition) is 4. The predicted octanol–water partition coefficient (Wildman–Crippen LogP) is 4.85. The zero-order valence-corrected chi connectivity index (χ0v) is 20.1. The highest BCUT2D eigenvalue weighted by Gasteiger charge is 2.21.